The van der Waals surface area contributed by atoms with Crippen LogP contribution in [0, 0.1) is 0 Å². The summed E-state index contributed by atoms with van der Waals surface area (Å²) in [6, 6.07) is 0. The van der Waals surface area contributed by atoms with Crippen LogP contribution in [0.2, 0.25) is 0 Å². The van der Waals surface area contributed by atoms with Crippen molar-refractivity contribution in [3.63, 3.8) is 0 Å². The van der Waals surface area contributed by atoms with Gasteiger partial charge in [0.1, 0.15) is 0 Å². The number of carbonyl (C=O) groups excluding carboxylic acids is 1. The van der Waals surface area contributed by atoms with Gasteiger partial charge in [0.2, 0.25) is 6.41 Å². The molecule has 0 aliphatic carbocycles. The maximum Gasteiger partial charge on any atom is 0.209 e. The van der Waals surface area contributed by atoms with E-state index in [1.807, 2.05) is 4.90 Å². The molecular weight excluding hydrogens is 162 g/mol. The van der Waals surface area contributed by atoms with Crippen molar-refractivity contribution < 1.29 is 4.79 Å². The summed E-state index contributed by atoms with van der Waals surface area (Å²) in [4.78, 5) is 12.5. The molecule has 0 radical (unpaired) electrons. The van der Waals surface area contributed by atoms with Crippen LogP contribution in [0.1, 0.15) is 52.4 Å². The van der Waals surface area contributed by atoms with Gasteiger partial charge in [0.05, 0.1) is 0 Å². The number of nitrogens with zero attached hydrogens (tertiary/aromatic N) is 1. The highest BCUT2D eigenvalue weighted by Crippen LogP contribution is 2.01. The van der Waals surface area contributed by atoms with Gasteiger partial charge in [0, 0.05) is 13.1 Å². The lowest BCUT2D eigenvalue weighted by Crippen LogP contribution is -2.24. The average molecular weight is 185 g/mol. The molecule has 0 fully saturated rings. The lowest BCUT2D eigenvalue weighted by molar-refractivity contribution is -0.118. The molecule has 0 rings (SSSR count). The molecule has 0 saturated heterocycles. The summed E-state index contributed by atoms with van der Waals surface area (Å²) in [6.45, 7) is 6.24. The molecule has 0 heterocycles. The highest BCUT2D eigenvalue weighted by atomic mass is 16.1. The van der Waals surface area contributed by atoms with Gasteiger partial charge in [-0.3, -0.25) is 4.79 Å². The van der Waals surface area contributed by atoms with E-state index in [9.17, 15) is 4.79 Å². The summed E-state index contributed by atoms with van der Waals surface area (Å²) in [7, 11) is 0. The molecule has 0 aromatic heterocycles. The Morgan fingerprint density at radius 2 is 1.54 bits per heavy atom. The molecule has 0 aliphatic rings. The van der Waals surface area contributed by atoms with Crippen molar-refractivity contribution in [3.05, 3.63) is 0 Å². The molecule has 2 heteroatoms. The Balaban J connectivity index is 3.31. The standard InChI is InChI=1S/C11H23NO/c1-3-5-7-8-10-12(11-13)9-6-4-2/h11H,3-10H2,1-2H3. The van der Waals surface area contributed by atoms with Crippen molar-refractivity contribution in [2.45, 2.75) is 52.4 Å². The van der Waals surface area contributed by atoms with Crippen molar-refractivity contribution in [1.82, 2.24) is 4.90 Å². The zero-order valence-corrected chi connectivity index (χ0v) is 9.09. The highest BCUT2D eigenvalue weighted by molar-refractivity contribution is 5.46. The number of rotatable bonds is 9. The quantitative estimate of drug-likeness (QED) is 0.399. The van der Waals surface area contributed by atoms with Crippen LogP contribution < -0.4 is 0 Å². The summed E-state index contributed by atoms with van der Waals surface area (Å²) < 4.78 is 0. The fourth-order valence-electron chi connectivity index (χ4n) is 1.32. The first-order chi connectivity index (χ1) is 6.35. The van der Waals surface area contributed by atoms with Gasteiger partial charge in [-0.05, 0) is 12.8 Å². The molecule has 0 bridgehead atoms. The predicted molar refractivity (Wildman–Crippen MR) is 56.7 cm³/mol. The third-order valence-electron chi connectivity index (χ3n) is 2.25. The van der Waals surface area contributed by atoms with Crippen molar-refractivity contribution in [2.24, 2.45) is 0 Å². The molecule has 78 valence electrons. The van der Waals surface area contributed by atoms with Gasteiger partial charge in [-0.25, -0.2) is 0 Å². The Morgan fingerprint density at radius 1 is 0.923 bits per heavy atom. The normalized spacial score (nSPS) is 10.0. The van der Waals surface area contributed by atoms with E-state index in [4.69, 9.17) is 0 Å². The minimum absolute atomic E-state index is 0.937. The molecule has 0 atom stereocenters. The third-order valence-corrected chi connectivity index (χ3v) is 2.25. The molecule has 0 aromatic rings. The van der Waals surface area contributed by atoms with Crippen molar-refractivity contribution in [1.29, 1.82) is 0 Å². The van der Waals surface area contributed by atoms with Crippen molar-refractivity contribution in [3.8, 4) is 0 Å². The molecular formula is C11H23NO. The average Bonchev–Trinajstić information content (AvgIpc) is 2.17. The Morgan fingerprint density at radius 3 is 2.08 bits per heavy atom. The second kappa shape index (κ2) is 9.56. The zero-order valence-electron chi connectivity index (χ0n) is 9.09. The molecule has 0 aromatic carbocycles. The molecule has 1 amide bonds. The van der Waals surface area contributed by atoms with E-state index in [1.54, 1.807) is 0 Å². The van der Waals surface area contributed by atoms with Gasteiger partial charge in [-0.1, -0.05) is 39.5 Å². The number of amides is 1. The van der Waals surface area contributed by atoms with Crippen LogP contribution >= 0.6 is 0 Å². The first-order valence-electron chi connectivity index (χ1n) is 5.54. The molecule has 0 aliphatic heterocycles. The molecule has 0 N–H and O–H groups in total. The van der Waals surface area contributed by atoms with Crippen LogP contribution in [0.3, 0.4) is 0 Å². The van der Waals surface area contributed by atoms with E-state index in [0.717, 1.165) is 32.3 Å². The smallest absolute Gasteiger partial charge is 0.209 e. The van der Waals surface area contributed by atoms with Crippen LogP contribution in [-0.2, 0) is 4.79 Å². The van der Waals surface area contributed by atoms with Crippen LogP contribution in [0.5, 0.6) is 0 Å². The van der Waals surface area contributed by atoms with Crippen molar-refractivity contribution >= 4 is 6.41 Å². The maximum atomic E-state index is 10.6. The van der Waals surface area contributed by atoms with Crippen LogP contribution in [0.4, 0.5) is 0 Å². The first-order valence-corrected chi connectivity index (χ1v) is 5.54. The minimum atomic E-state index is 0.937. The Bertz CT molecular complexity index is 115. The number of hydrogen-bond acceptors (Lipinski definition) is 1. The minimum Gasteiger partial charge on any atom is -0.345 e. The van der Waals surface area contributed by atoms with E-state index >= 15 is 0 Å². The van der Waals surface area contributed by atoms with E-state index in [-0.39, 0.29) is 0 Å². The van der Waals surface area contributed by atoms with E-state index in [1.165, 1.54) is 25.7 Å². The van der Waals surface area contributed by atoms with Crippen LogP contribution in [0.25, 0.3) is 0 Å². The highest BCUT2D eigenvalue weighted by Gasteiger charge is 1.99. The monoisotopic (exact) mass is 185 g/mol. The van der Waals surface area contributed by atoms with Crippen LogP contribution in [0.15, 0.2) is 0 Å². The Kier molecular flexibility index (Phi) is 9.17. The molecule has 0 saturated carbocycles. The largest absolute Gasteiger partial charge is 0.345 e. The second-order valence-electron chi connectivity index (χ2n) is 3.56. The second-order valence-corrected chi connectivity index (χ2v) is 3.56. The van der Waals surface area contributed by atoms with Gasteiger partial charge in [-0.15, -0.1) is 0 Å². The third kappa shape index (κ3) is 7.82. The predicted octanol–water partition coefficient (Wildman–Crippen LogP) is 2.83. The summed E-state index contributed by atoms with van der Waals surface area (Å²) >= 11 is 0. The summed E-state index contributed by atoms with van der Waals surface area (Å²) in [6.07, 6.45) is 8.26. The van der Waals surface area contributed by atoms with E-state index in [0.29, 0.717) is 0 Å². The number of carbonyl (C=O) groups is 1. The SMILES string of the molecule is CCCCCCN(C=O)CCCC. The molecule has 13 heavy (non-hydrogen) atoms. The number of hydrogen-bond donors (Lipinski definition) is 0. The maximum absolute atomic E-state index is 10.6. The van der Waals surface area contributed by atoms with E-state index < -0.39 is 0 Å². The number of unbranched alkanes of at least 4 members (excludes halogenated alkanes) is 4. The van der Waals surface area contributed by atoms with E-state index in [2.05, 4.69) is 13.8 Å². The van der Waals surface area contributed by atoms with Gasteiger partial charge in [0.15, 0.2) is 0 Å². The zero-order chi connectivity index (χ0) is 9.94. The summed E-state index contributed by atoms with van der Waals surface area (Å²) in [5.41, 5.74) is 0. The lowest BCUT2D eigenvalue weighted by Gasteiger charge is -2.16. The van der Waals surface area contributed by atoms with Gasteiger partial charge in [0.25, 0.3) is 0 Å². The lowest BCUT2D eigenvalue weighted by atomic mass is 10.2. The fraction of sp³-hybridized carbons (Fsp3) is 0.909. The van der Waals surface area contributed by atoms with Gasteiger partial charge in [-0.2, -0.15) is 0 Å². The van der Waals surface area contributed by atoms with Gasteiger partial charge >= 0.3 is 0 Å². The van der Waals surface area contributed by atoms with Gasteiger partial charge < -0.3 is 4.90 Å². The Hall–Kier alpha value is -0.530. The van der Waals surface area contributed by atoms with Crippen molar-refractivity contribution in [2.75, 3.05) is 13.1 Å². The summed E-state index contributed by atoms with van der Waals surface area (Å²) in [5, 5.41) is 0. The summed E-state index contributed by atoms with van der Waals surface area (Å²) in [5.74, 6) is 0. The van der Waals surface area contributed by atoms with Crippen LogP contribution in [-0.4, -0.2) is 24.4 Å². The topological polar surface area (TPSA) is 20.3 Å². The molecule has 0 unspecified atom stereocenters. The Labute approximate surface area is 82.3 Å². The fourth-order valence-corrected chi connectivity index (χ4v) is 1.32. The molecule has 2 nitrogen and oxygen atoms in total. The molecule has 0 spiro atoms. The first kappa shape index (κ1) is 12.5.